The van der Waals surface area contributed by atoms with E-state index in [1.54, 1.807) is 0 Å². The molecule has 0 unspecified atom stereocenters. The van der Waals surface area contributed by atoms with Gasteiger partial charge in [-0.15, -0.1) is 0 Å². The van der Waals surface area contributed by atoms with Crippen LogP contribution in [0.4, 0.5) is 0 Å². The Morgan fingerprint density at radius 2 is 1.33 bits per heavy atom. The highest BCUT2D eigenvalue weighted by Crippen LogP contribution is 2.41. The van der Waals surface area contributed by atoms with Gasteiger partial charge in [0.2, 0.25) is 0 Å². The van der Waals surface area contributed by atoms with Crippen LogP contribution in [0.3, 0.4) is 0 Å². The lowest BCUT2D eigenvalue weighted by atomic mass is 9.70. The fourth-order valence-corrected chi connectivity index (χ4v) is 4.69. The molecule has 0 atom stereocenters. The first kappa shape index (κ1) is 15.8. The zero-order chi connectivity index (χ0) is 14.5. The molecule has 0 bridgehead atoms. The molecule has 0 radical (unpaired) electrons. The Kier molecular flexibility index (Phi) is 5.96. The lowest BCUT2D eigenvalue weighted by Gasteiger charge is -2.37. The van der Waals surface area contributed by atoms with Gasteiger partial charge in [-0.3, -0.25) is 0 Å². The lowest BCUT2D eigenvalue weighted by Crippen LogP contribution is -2.28. The van der Waals surface area contributed by atoms with Gasteiger partial charge in [-0.1, -0.05) is 12.8 Å². The quantitative estimate of drug-likeness (QED) is 0.762. The van der Waals surface area contributed by atoms with Crippen molar-refractivity contribution in [3.63, 3.8) is 0 Å². The summed E-state index contributed by atoms with van der Waals surface area (Å²) in [5.41, 5.74) is 0. The highest BCUT2D eigenvalue weighted by atomic mass is 16.7. The van der Waals surface area contributed by atoms with Gasteiger partial charge < -0.3 is 14.2 Å². The maximum atomic E-state index is 5.55. The second-order valence-corrected chi connectivity index (χ2v) is 7.30. The molecule has 2 aliphatic carbocycles. The third-order valence-corrected chi connectivity index (χ3v) is 6.11. The zero-order valence-electron chi connectivity index (χ0n) is 13.6. The fourth-order valence-electron chi connectivity index (χ4n) is 4.69. The van der Waals surface area contributed by atoms with E-state index in [9.17, 15) is 0 Å². The molecule has 1 saturated heterocycles. The average molecular weight is 296 g/mol. The minimum absolute atomic E-state index is 0.104. The molecule has 3 heteroatoms. The summed E-state index contributed by atoms with van der Waals surface area (Å²) in [5, 5.41) is 0. The van der Waals surface area contributed by atoms with Crippen molar-refractivity contribution >= 4 is 0 Å². The van der Waals surface area contributed by atoms with Crippen molar-refractivity contribution in [2.24, 2.45) is 17.8 Å². The second-order valence-electron chi connectivity index (χ2n) is 7.30. The molecular weight excluding hydrogens is 264 g/mol. The Labute approximate surface area is 129 Å². The summed E-state index contributed by atoms with van der Waals surface area (Å²) in [4.78, 5) is 0. The van der Waals surface area contributed by atoms with Crippen LogP contribution >= 0.6 is 0 Å². The Morgan fingerprint density at radius 3 is 1.90 bits per heavy atom. The normalized spacial score (nSPS) is 38.7. The van der Waals surface area contributed by atoms with Crippen LogP contribution in [0.1, 0.15) is 64.2 Å². The summed E-state index contributed by atoms with van der Waals surface area (Å²) in [6.07, 6.45) is 14.2. The van der Waals surface area contributed by atoms with Gasteiger partial charge in [-0.2, -0.15) is 0 Å². The van der Waals surface area contributed by atoms with E-state index in [-0.39, 0.29) is 6.29 Å². The maximum Gasteiger partial charge on any atom is 0.157 e. The molecular formula is C18H32O3. The Morgan fingerprint density at radius 1 is 0.762 bits per heavy atom. The number of rotatable bonds is 5. The van der Waals surface area contributed by atoms with Gasteiger partial charge in [-0.05, 0) is 69.1 Å². The monoisotopic (exact) mass is 296 g/mol. The third kappa shape index (κ3) is 4.43. The van der Waals surface area contributed by atoms with E-state index in [4.69, 9.17) is 14.2 Å². The van der Waals surface area contributed by atoms with E-state index in [2.05, 4.69) is 0 Å². The van der Waals surface area contributed by atoms with Crippen molar-refractivity contribution < 1.29 is 14.2 Å². The standard InChI is InChI=1S/C18H32O3/c1-19-17-9-7-16(8-10-17)15-5-2-14(3-6-15)4-11-18-20-12-13-21-18/h14-18H,2-13H2,1H3/t14-,15-,16-,17-. The number of hydrogen-bond acceptors (Lipinski definition) is 3. The molecule has 0 amide bonds. The first-order valence-corrected chi connectivity index (χ1v) is 9.11. The minimum atomic E-state index is 0.104. The van der Waals surface area contributed by atoms with E-state index in [1.165, 1.54) is 57.8 Å². The van der Waals surface area contributed by atoms with Gasteiger partial charge in [0.05, 0.1) is 19.3 Å². The summed E-state index contributed by atoms with van der Waals surface area (Å²) in [6.45, 7) is 1.59. The number of ether oxygens (including phenoxy) is 3. The van der Waals surface area contributed by atoms with Crippen molar-refractivity contribution in [1.29, 1.82) is 0 Å². The van der Waals surface area contributed by atoms with Crippen LogP contribution in [0.15, 0.2) is 0 Å². The van der Waals surface area contributed by atoms with Crippen LogP contribution in [0.25, 0.3) is 0 Å². The predicted octanol–water partition coefficient (Wildman–Crippen LogP) is 4.15. The van der Waals surface area contributed by atoms with Gasteiger partial charge in [0.25, 0.3) is 0 Å². The summed E-state index contributed by atoms with van der Waals surface area (Å²) in [5.74, 6) is 2.90. The molecule has 1 aliphatic heterocycles. The molecule has 122 valence electrons. The molecule has 21 heavy (non-hydrogen) atoms. The van der Waals surface area contributed by atoms with Crippen molar-refractivity contribution in [3.05, 3.63) is 0 Å². The molecule has 3 fully saturated rings. The molecule has 0 aromatic heterocycles. The summed E-state index contributed by atoms with van der Waals surface area (Å²) in [6, 6.07) is 0. The summed E-state index contributed by atoms with van der Waals surface area (Å²) < 4.78 is 16.6. The van der Waals surface area contributed by atoms with E-state index in [1.807, 2.05) is 7.11 Å². The first-order valence-electron chi connectivity index (χ1n) is 9.11. The van der Waals surface area contributed by atoms with Crippen LogP contribution in [-0.4, -0.2) is 32.7 Å². The maximum absolute atomic E-state index is 5.55. The Hall–Kier alpha value is -0.120. The first-order chi connectivity index (χ1) is 10.3. The van der Waals surface area contributed by atoms with Gasteiger partial charge in [-0.25, -0.2) is 0 Å². The van der Waals surface area contributed by atoms with E-state index in [0.29, 0.717) is 6.10 Å². The number of hydrogen-bond donors (Lipinski definition) is 0. The highest BCUT2D eigenvalue weighted by Gasteiger charge is 2.31. The molecule has 0 aromatic carbocycles. The summed E-state index contributed by atoms with van der Waals surface area (Å²) >= 11 is 0. The Bertz CT molecular complexity index is 285. The third-order valence-electron chi connectivity index (χ3n) is 6.11. The van der Waals surface area contributed by atoms with Crippen molar-refractivity contribution in [2.75, 3.05) is 20.3 Å². The van der Waals surface area contributed by atoms with Crippen molar-refractivity contribution in [2.45, 2.75) is 76.6 Å². The van der Waals surface area contributed by atoms with Crippen LogP contribution in [0.5, 0.6) is 0 Å². The molecule has 2 saturated carbocycles. The second kappa shape index (κ2) is 7.94. The van der Waals surface area contributed by atoms with Crippen LogP contribution in [0, 0.1) is 17.8 Å². The minimum Gasteiger partial charge on any atom is -0.381 e. The predicted molar refractivity (Wildman–Crippen MR) is 83.1 cm³/mol. The topological polar surface area (TPSA) is 27.7 Å². The SMILES string of the molecule is CO[C@H]1CC[C@H]([C@H]2CC[C@H](CCC3OCCO3)CC2)CC1. The molecule has 0 spiro atoms. The van der Waals surface area contributed by atoms with Crippen LogP contribution in [0.2, 0.25) is 0 Å². The van der Waals surface area contributed by atoms with E-state index in [0.717, 1.165) is 37.4 Å². The van der Waals surface area contributed by atoms with Crippen LogP contribution in [-0.2, 0) is 14.2 Å². The lowest BCUT2D eigenvalue weighted by molar-refractivity contribution is -0.0515. The summed E-state index contributed by atoms with van der Waals surface area (Å²) in [7, 11) is 1.87. The number of methoxy groups -OCH3 is 1. The fraction of sp³-hybridized carbons (Fsp3) is 1.00. The van der Waals surface area contributed by atoms with Gasteiger partial charge in [0.15, 0.2) is 6.29 Å². The van der Waals surface area contributed by atoms with E-state index >= 15 is 0 Å². The van der Waals surface area contributed by atoms with Gasteiger partial charge in [0.1, 0.15) is 0 Å². The van der Waals surface area contributed by atoms with Gasteiger partial charge in [0, 0.05) is 7.11 Å². The Balaban J connectivity index is 1.33. The molecule has 3 nitrogen and oxygen atoms in total. The molecule has 0 N–H and O–H groups in total. The van der Waals surface area contributed by atoms with Crippen LogP contribution < -0.4 is 0 Å². The molecule has 0 aromatic rings. The average Bonchev–Trinajstić information content (AvgIpc) is 3.07. The molecule has 3 aliphatic rings. The largest absolute Gasteiger partial charge is 0.381 e. The smallest absolute Gasteiger partial charge is 0.157 e. The van der Waals surface area contributed by atoms with Crippen molar-refractivity contribution in [3.8, 4) is 0 Å². The molecule has 1 heterocycles. The highest BCUT2D eigenvalue weighted by molar-refractivity contribution is 4.82. The van der Waals surface area contributed by atoms with Crippen molar-refractivity contribution in [1.82, 2.24) is 0 Å². The van der Waals surface area contributed by atoms with Gasteiger partial charge >= 0.3 is 0 Å². The molecule has 3 rings (SSSR count). The van der Waals surface area contributed by atoms with E-state index < -0.39 is 0 Å². The zero-order valence-corrected chi connectivity index (χ0v) is 13.6.